The molecular weight excluding hydrogens is 426 g/mol. The van der Waals surface area contributed by atoms with Crippen molar-refractivity contribution < 1.29 is 17.9 Å². The van der Waals surface area contributed by atoms with Crippen molar-refractivity contribution in [2.75, 3.05) is 26.3 Å². The van der Waals surface area contributed by atoms with Crippen molar-refractivity contribution in [1.29, 1.82) is 0 Å². The Morgan fingerprint density at radius 1 is 1.12 bits per heavy atom. The lowest BCUT2D eigenvalue weighted by Gasteiger charge is -2.32. The fraction of sp³-hybridized carbons (Fsp3) is 0.583. The van der Waals surface area contributed by atoms with Gasteiger partial charge in [0.15, 0.2) is 0 Å². The molecule has 2 aliphatic heterocycles. The van der Waals surface area contributed by atoms with E-state index >= 15 is 0 Å². The van der Waals surface area contributed by atoms with Crippen LogP contribution in [0.15, 0.2) is 29.2 Å². The van der Waals surface area contributed by atoms with E-state index in [1.807, 2.05) is 19.1 Å². The summed E-state index contributed by atoms with van der Waals surface area (Å²) in [6, 6.07) is 7.28. The van der Waals surface area contributed by atoms with E-state index in [0.29, 0.717) is 56.3 Å². The number of fused-ring (bicyclic) bond motifs is 1. The summed E-state index contributed by atoms with van der Waals surface area (Å²) < 4.78 is 40.1. The van der Waals surface area contributed by atoms with E-state index in [0.717, 1.165) is 35.5 Å². The van der Waals surface area contributed by atoms with Gasteiger partial charge in [0.05, 0.1) is 23.8 Å². The summed E-state index contributed by atoms with van der Waals surface area (Å²) in [5.74, 6) is 1.65. The van der Waals surface area contributed by atoms with Crippen molar-refractivity contribution >= 4 is 10.0 Å². The molecule has 32 heavy (non-hydrogen) atoms. The third-order valence-electron chi connectivity index (χ3n) is 6.22. The van der Waals surface area contributed by atoms with Crippen LogP contribution in [0.5, 0.6) is 5.88 Å². The average Bonchev–Trinajstić information content (AvgIpc) is 3.05. The predicted octanol–water partition coefficient (Wildman–Crippen LogP) is 3.51. The highest BCUT2D eigenvalue weighted by molar-refractivity contribution is 7.89. The molecule has 1 aromatic heterocycles. The number of sulfonamides is 1. The lowest BCUT2D eigenvalue weighted by Crippen LogP contribution is -2.42. The van der Waals surface area contributed by atoms with Crippen LogP contribution in [0.3, 0.4) is 0 Å². The number of rotatable bonds is 6. The molecule has 1 saturated heterocycles. The first kappa shape index (κ1) is 23.1. The van der Waals surface area contributed by atoms with Gasteiger partial charge in [0.2, 0.25) is 15.9 Å². The number of hydrogen-bond donors (Lipinski definition) is 0. The Balaban J connectivity index is 1.49. The largest absolute Gasteiger partial charge is 0.474 e. The number of hydrogen-bond acceptors (Lipinski definition) is 6. The van der Waals surface area contributed by atoms with Crippen LogP contribution in [-0.4, -0.2) is 55.1 Å². The Kier molecular flexibility index (Phi) is 7.12. The first-order valence-electron chi connectivity index (χ1n) is 11.6. The summed E-state index contributed by atoms with van der Waals surface area (Å²) in [6.07, 6.45) is 3.41. The van der Waals surface area contributed by atoms with Crippen LogP contribution in [0.4, 0.5) is 0 Å². The number of nitrogens with zero attached hydrogens (tertiary/aromatic N) is 3. The van der Waals surface area contributed by atoms with Crippen molar-refractivity contribution in [2.24, 2.45) is 0 Å². The lowest BCUT2D eigenvalue weighted by atomic mass is 10.1. The molecule has 0 bridgehead atoms. The second-order valence-corrected chi connectivity index (χ2v) is 10.7. The molecule has 2 aliphatic rings. The van der Waals surface area contributed by atoms with Crippen LogP contribution < -0.4 is 4.74 Å². The second-order valence-electron chi connectivity index (χ2n) is 8.76. The van der Waals surface area contributed by atoms with E-state index in [1.165, 1.54) is 0 Å². The van der Waals surface area contributed by atoms with Gasteiger partial charge in [-0.3, -0.25) is 0 Å². The Morgan fingerprint density at radius 3 is 2.56 bits per heavy atom. The van der Waals surface area contributed by atoms with E-state index in [1.54, 1.807) is 16.4 Å². The van der Waals surface area contributed by atoms with Crippen LogP contribution in [0, 0.1) is 0 Å². The highest BCUT2D eigenvalue weighted by atomic mass is 32.2. The first-order valence-corrected chi connectivity index (χ1v) is 13.1. The lowest BCUT2D eigenvalue weighted by molar-refractivity contribution is 0.126. The summed E-state index contributed by atoms with van der Waals surface area (Å²) >= 11 is 0. The van der Waals surface area contributed by atoms with Crippen molar-refractivity contribution in [1.82, 2.24) is 14.3 Å². The van der Waals surface area contributed by atoms with E-state index in [9.17, 15) is 8.42 Å². The molecule has 1 aromatic carbocycles. The van der Waals surface area contributed by atoms with E-state index < -0.39 is 10.0 Å². The number of aromatic nitrogens is 2. The highest BCUT2D eigenvalue weighted by Crippen LogP contribution is 2.29. The van der Waals surface area contributed by atoms with E-state index in [4.69, 9.17) is 19.4 Å². The van der Waals surface area contributed by atoms with Gasteiger partial charge in [-0.15, -0.1) is 0 Å². The first-order chi connectivity index (χ1) is 15.4. The van der Waals surface area contributed by atoms with Gasteiger partial charge in [0.1, 0.15) is 11.9 Å². The van der Waals surface area contributed by atoms with Crippen molar-refractivity contribution in [3.8, 4) is 5.88 Å². The predicted molar refractivity (Wildman–Crippen MR) is 123 cm³/mol. The van der Waals surface area contributed by atoms with Crippen molar-refractivity contribution in [3.63, 3.8) is 0 Å². The second kappa shape index (κ2) is 9.85. The van der Waals surface area contributed by atoms with Gasteiger partial charge in [-0.25, -0.2) is 13.4 Å². The summed E-state index contributed by atoms with van der Waals surface area (Å²) in [6.45, 7) is 8.33. The maximum Gasteiger partial charge on any atom is 0.243 e. The van der Waals surface area contributed by atoms with Crippen LogP contribution in [0.1, 0.15) is 62.2 Å². The molecule has 0 saturated carbocycles. The maximum absolute atomic E-state index is 13.2. The Morgan fingerprint density at radius 2 is 1.84 bits per heavy atom. The maximum atomic E-state index is 13.2. The Hall–Kier alpha value is -2.03. The number of benzene rings is 1. The molecule has 0 atom stereocenters. The minimum absolute atomic E-state index is 0.0638. The number of piperidine rings is 1. The summed E-state index contributed by atoms with van der Waals surface area (Å²) in [5.41, 5.74) is 2.92. The fourth-order valence-electron chi connectivity index (χ4n) is 4.32. The monoisotopic (exact) mass is 459 g/mol. The van der Waals surface area contributed by atoms with Gasteiger partial charge in [-0.1, -0.05) is 39.0 Å². The third kappa shape index (κ3) is 4.82. The standard InChI is InChI=1S/C24H33N3O4S/c1-4-18-7-5-6-8-22(18)32(28,29)27-13-9-19(10-14-27)31-24-20-11-15-30-16-12-21(20)25-23(26-24)17(2)3/h5-8,17,19H,4,9-16H2,1-3H3. The molecule has 174 valence electrons. The quantitative estimate of drug-likeness (QED) is 0.658. The summed E-state index contributed by atoms with van der Waals surface area (Å²) in [7, 11) is -3.50. The zero-order valence-corrected chi connectivity index (χ0v) is 20.0. The zero-order chi connectivity index (χ0) is 22.7. The van der Waals surface area contributed by atoms with Crippen molar-refractivity contribution in [2.45, 2.75) is 69.8 Å². The van der Waals surface area contributed by atoms with Crippen LogP contribution >= 0.6 is 0 Å². The molecule has 0 unspecified atom stereocenters. The Labute approximate surface area is 191 Å². The molecule has 1 fully saturated rings. The highest BCUT2D eigenvalue weighted by Gasteiger charge is 2.32. The van der Waals surface area contributed by atoms with Crippen LogP contribution in [-0.2, 0) is 34.0 Å². The fourth-order valence-corrected chi connectivity index (χ4v) is 6.08. The molecular formula is C24H33N3O4S. The zero-order valence-electron chi connectivity index (χ0n) is 19.2. The van der Waals surface area contributed by atoms with E-state index in [2.05, 4.69) is 13.8 Å². The van der Waals surface area contributed by atoms with Crippen LogP contribution in [0.25, 0.3) is 0 Å². The number of ether oxygens (including phenoxy) is 2. The van der Waals surface area contributed by atoms with Gasteiger partial charge in [-0.2, -0.15) is 9.29 Å². The molecule has 4 rings (SSSR count). The van der Waals surface area contributed by atoms with Gasteiger partial charge in [0.25, 0.3) is 0 Å². The number of aryl methyl sites for hydroxylation is 1. The molecule has 2 aromatic rings. The smallest absolute Gasteiger partial charge is 0.243 e. The SMILES string of the molecule is CCc1ccccc1S(=O)(=O)N1CCC(Oc2nc(C(C)C)nc3c2CCOCC3)CC1. The molecule has 0 spiro atoms. The molecule has 7 nitrogen and oxygen atoms in total. The van der Waals surface area contributed by atoms with E-state index in [-0.39, 0.29) is 12.0 Å². The minimum Gasteiger partial charge on any atom is -0.474 e. The topological polar surface area (TPSA) is 81.6 Å². The molecule has 0 amide bonds. The molecule has 8 heteroatoms. The normalized spacial score (nSPS) is 18.4. The molecule has 0 radical (unpaired) electrons. The Bertz CT molecular complexity index is 1050. The third-order valence-corrected chi connectivity index (χ3v) is 8.22. The van der Waals surface area contributed by atoms with Crippen LogP contribution in [0.2, 0.25) is 0 Å². The summed E-state index contributed by atoms with van der Waals surface area (Å²) in [4.78, 5) is 9.92. The summed E-state index contributed by atoms with van der Waals surface area (Å²) in [5, 5.41) is 0. The van der Waals surface area contributed by atoms with Gasteiger partial charge < -0.3 is 9.47 Å². The molecule has 3 heterocycles. The molecule has 0 N–H and O–H groups in total. The average molecular weight is 460 g/mol. The van der Waals surface area contributed by atoms with Crippen molar-refractivity contribution in [3.05, 3.63) is 46.9 Å². The van der Waals surface area contributed by atoms with Gasteiger partial charge in [-0.05, 0) is 30.9 Å². The van der Waals surface area contributed by atoms with Gasteiger partial charge >= 0.3 is 0 Å². The van der Waals surface area contributed by atoms with Gasteiger partial charge in [0, 0.05) is 37.4 Å². The molecule has 0 aliphatic carbocycles. The minimum atomic E-state index is -3.50.